The molecule has 0 aliphatic rings. The molecule has 0 N–H and O–H groups in total. The molecule has 2 rings (SSSR count). The van der Waals surface area contributed by atoms with Crippen LogP contribution in [0.1, 0.15) is 16.4 Å². The fraction of sp³-hybridized carbons (Fsp3) is 0.231. The molecule has 0 radical (unpaired) electrons. The van der Waals surface area contributed by atoms with Crippen LogP contribution in [0.5, 0.6) is 0 Å². The average molecular weight is 299 g/mol. The lowest BCUT2D eigenvalue weighted by Crippen LogP contribution is -2.03. The Balaban J connectivity index is 2.13. The van der Waals surface area contributed by atoms with Crippen LogP contribution in [0, 0.1) is 5.82 Å². The van der Waals surface area contributed by atoms with Crippen molar-refractivity contribution in [1.29, 1.82) is 0 Å². The first-order valence-electron chi connectivity index (χ1n) is 5.13. The second kappa shape index (κ2) is 5.60. The van der Waals surface area contributed by atoms with Crippen LogP contribution in [0.15, 0.2) is 41.8 Å². The van der Waals surface area contributed by atoms with Crippen molar-refractivity contribution in [3.8, 4) is 0 Å². The summed E-state index contributed by atoms with van der Waals surface area (Å²) in [6, 6.07) is 11.0. The van der Waals surface area contributed by atoms with Crippen molar-refractivity contribution in [2.75, 3.05) is 5.33 Å². The van der Waals surface area contributed by atoms with Gasteiger partial charge in [0.15, 0.2) is 0 Å². The predicted octanol–water partition coefficient (Wildman–Crippen LogP) is 4.61. The zero-order valence-electron chi connectivity index (χ0n) is 8.70. The minimum absolute atomic E-state index is 0.173. The molecule has 1 aromatic heterocycles. The first-order valence-corrected chi connectivity index (χ1v) is 7.13. The molecule has 0 saturated heterocycles. The van der Waals surface area contributed by atoms with Crippen LogP contribution >= 0.6 is 27.3 Å². The smallest absolute Gasteiger partial charge is 0.123 e. The molecule has 1 heterocycles. The number of alkyl halides is 1. The van der Waals surface area contributed by atoms with Gasteiger partial charge in [-0.2, -0.15) is 0 Å². The third-order valence-corrected chi connectivity index (χ3v) is 4.24. The quantitative estimate of drug-likeness (QED) is 0.723. The van der Waals surface area contributed by atoms with E-state index in [0.717, 1.165) is 11.8 Å². The Labute approximate surface area is 107 Å². The van der Waals surface area contributed by atoms with Crippen LogP contribution < -0.4 is 0 Å². The molecule has 1 atom stereocenters. The van der Waals surface area contributed by atoms with Gasteiger partial charge in [0, 0.05) is 10.2 Å². The van der Waals surface area contributed by atoms with E-state index in [-0.39, 0.29) is 5.82 Å². The summed E-state index contributed by atoms with van der Waals surface area (Å²) in [5.41, 5.74) is 1.19. The normalized spacial score (nSPS) is 12.6. The molecule has 0 nitrogen and oxygen atoms in total. The van der Waals surface area contributed by atoms with Crippen molar-refractivity contribution in [3.63, 3.8) is 0 Å². The minimum atomic E-state index is -0.173. The number of thiophene rings is 1. The molecule has 0 aliphatic carbocycles. The van der Waals surface area contributed by atoms with E-state index in [4.69, 9.17) is 0 Å². The number of benzene rings is 1. The van der Waals surface area contributed by atoms with Gasteiger partial charge in [0.25, 0.3) is 0 Å². The molecule has 0 spiro atoms. The minimum Gasteiger partial charge on any atom is -0.207 e. The first kappa shape index (κ1) is 11.8. The summed E-state index contributed by atoms with van der Waals surface area (Å²) in [7, 11) is 0. The monoisotopic (exact) mass is 298 g/mol. The van der Waals surface area contributed by atoms with Crippen LogP contribution in [0.25, 0.3) is 0 Å². The van der Waals surface area contributed by atoms with Gasteiger partial charge >= 0.3 is 0 Å². The lowest BCUT2D eigenvalue weighted by atomic mass is 9.97. The van der Waals surface area contributed by atoms with Crippen LogP contribution in [0.2, 0.25) is 0 Å². The molecular formula is C13H12BrFS. The SMILES string of the molecule is Fc1ccc(C(CBr)Cc2cccs2)cc1. The zero-order valence-corrected chi connectivity index (χ0v) is 11.1. The maximum Gasteiger partial charge on any atom is 0.123 e. The lowest BCUT2D eigenvalue weighted by molar-refractivity contribution is 0.625. The molecule has 0 fully saturated rings. The van der Waals surface area contributed by atoms with Gasteiger partial charge in [-0.15, -0.1) is 11.3 Å². The molecule has 1 unspecified atom stereocenters. The zero-order chi connectivity index (χ0) is 11.4. The maximum atomic E-state index is 12.8. The van der Waals surface area contributed by atoms with Gasteiger partial charge in [-0.3, -0.25) is 0 Å². The van der Waals surface area contributed by atoms with Crippen molar-refractivity contribution in [3.05, 3.63) is 58.0 Å². The average Bonchev–Trinajstić information content (AvgIpc) is 2.80. The highest BCUT2D eigenvalue weighted by molar-refractivity contribution is 9.09. The summed E-state index contributed by atoms with van der Waals surface area (Å²) in [6.07, 6.45) is 1.01. The standard InChI is InChI=1S/C13H12BrFS/c14-9-11(8-13-2-1-7-16-13)10-3-5-12(15)6-4-10/h1-7,11H,8-9H2. The Morgan fingerprint density at radius 3 is 2.50 bits per heavy atom. The molecule has 0 amide bonds. The molecule has 0 aliphatic heterocycles. The molecule has 0 bridgehead atoms. The summed E-state index contributed by atoms with van der Waals surface area (Å²) in [5.74, 6) is 0.243. The van der Waals surface area contributed by atoms with E-state index in [1.807, 2.05) is 12.1 Å². The topological polar surface area (TPSA) is 0 Å². The molecular weight excluding hydrogens is 287 g/mol. The van der Waals surface area contributed by atoms with E-state index in [0.29, 0.717) is 5.92 Å². The second-order valence-corrected chi connectivity index (χ2v) is 5.37. The van der Waals surface area contributed by atoms with E-state index < -0.39 is 0 Å². The van der Waals surface area contributed by atoms with Gasteiger partial charge in [-0.1, -0.05) is 34.1 Å². The number of hydrogen-bond donors (Lipinski definition) is 0. The van der Waals surface area contributed by atoms with Crippen molar-refractivity contribution in [1.82, 2.24) is 0 Å². The fourth-order valence-electron chi connectivity index (χ4n) is 1.67. The van der Waals surface area contributed by atoms with E-state index in [1.165, 1.54) is 22.6 Å². The number of hydrogen-bond acceptors (Lipinski definition) is 1. The Bertz CT molecular complexity index is 422. The Hall–Kier alpha value is -0.670. The largest absolute Gasteiger partial charge is 0.207 e. The highest BCUT2D eigenvalue weighted by atomic mass is 79.9. The summed E-state index contributed by atoms with van der Waals surface area (Å²) >= 11 is 5.30. The van der Waals surface area contributed by atoms with E-state index in [2.05, 4.69) is 33.4 Å². The van der Waals surface area contributed by atoms with Crippen molar-refractivity contribution >= 4 is 27.3 Å². The van der Waals surface area contributed by atoms with Crippen molar-refractivity contribution in [2.24, 2.45) is 0 Å². The number of halogens is 2. The summed E-state index contributed by atoms with van der Waals surface area (Å²) in [6.45, 7) is 0. The number of rotatable bonds is 4. The summed E-state index contributed by atoms with van der Waals surface area (Å²) in [4.78, 5) is 1.37. The highest BCUT2D eigenvalue weighted by Gasteiger charge is 2.11. The van der Waals surface area contributed by atoms with E-state index >= 15 is 0 Å². The van der Waals surface area contributed by atoms with Crippen LogP contribution in [0.4, 0.5) is 4.39 Å². The third kappa shape index (κ3) is 2.92. The Morgan fingerprint density at radius 2 is 1.94 bits per heavy atom. The van der Waals surface area contributed by atoms with Gasteiger partial charge in [-0.05, 0) is 41.5 Å². The first-order chi connectivity index (χ1) is 7.79. The van der Waals surface area contributed by atoms with Crippen molar-refractivity contribution in [2.45, 2.75) is 12.3 Å². The van der Waals surface area contributed by atoms with Crippen LogP contribution in [-0.2, 0) is 6.42 Å². The highest BCUT2D eigenvalue weighted by Crippen LogP contribution is 2.25. The summed E-state index contributed by atoms with van der Waals surface area (Å²) in [5, 5.41) is 2.99. The third-order valence-electron chi connectivity index (χ3n) is 2.56. The van der Waals surface area contributed by atoms with E-state index in [1.54, 1.807) is 11.3 Å². The Kier molecular flexibility index (Phi) is 4.13. The van der Waals surface area contributed by atoms with Gasteiger partial charge in [0.2, 0.25) is 0 Å². The van der Waals surface area contributed by atoms with Gasteiger partial charge < -0.3 is 0 Å². The van der Waals surface area contributed by atoms with Crippen molar-refractivity contribution < 1.29 is 4.39 Å². The fourth-order valence-corrected chi connectivity index (χ4v) is 3.06. The second-order valence-electron chi connectivity index (χ2n) is 3.69. The summed E-state index contributed by atoms with van der Waals surface area (Å²) < 4.78 is 12.8. The lowest BCUT2D eigenvalue weighted by Gasteiger charge is -2.13. The van der Waals surface area contributed by atoms with Gasteiger partial charge in [-0.25, -0.2) is 4.39 Å². The molecule has 1 aromatic carbocycles. The van der Waals surface area contributed by atoms with Gasteiger partial charge in [0.1, 0.15) is 5.82 Å². The molecule has 3 heteroatoms. The molecule has 0 saturated carbocycles. The maximum absolute atomic E-state index is 12.8. The molecule has 16 heavy (non-hydrogen) atoms. The molecule has 2 aromatic rings. The predicted molar refractivity (Wildman–Crippen MR) is 71.0 cm³/mol. The van der Waals surface area contributed by atoms with Crippen LogP contribution in [-0.4, -0.2) is 5.33 Å². The van der Waals surface area contributed by atoms with E-state index in [9.17, 15) is 4.39 Å². The Morgan fingerprint density at radius 1 is 1.19 bits per heavy atom. The van der Waals surface area contributed by atoms with Crippen LogP contribution in [0.3, 0.4) is 0 Å². The van der Waals surface area contributed by atoms with Gasteiger partial charge in [0.05, 0.1) is 0 Å². The molecule has 84 valence electrons.